The minimum absolute atomic E-state index is 0.0147. The molecule has 126 valence electrons. The SMILES string of the molecule is Cc1ccccc1[C@H](NC(=O)COc1ccccc1)c1ccccc1. The third-order valence-electron chi connectivity index (χ3n) is 4.05. The topological polar surface area (TPSA) is 38.3 Å². The summed E-state index contributed by atoms with van der Waals surface area (Å²) in [4.78, 5) is 12.4. The lowest BCUT2D eigenvalue weighted by Crippen LogP contribution is -2.33. The predicted molar refractivity (Wildman–Crippen MR) is 99.5 cm³/mol. The van der Waals surface area contributed by atoms with Crippen molar-refractivity contribution >= 4 is 5.91 Å². The second kappa shape index (κ2) is 8.15. The van der Waals surface area contributed by atoms with Gasteiger partial charge in [-0.1, -0.05) is 72.8 Å². The summed E-state index contributed by atoms with van der Waals surface area (Å²) in [5.41, 5.74) is 3.27. The summed E-state index contributed by atoms with van der Waals surface area (Å²) in [6.45, 7) is 2.04. The van der Waals surface area contributed by atoms with Gasteiger partial charge in [0.05, 0.1) is 6.04 Å². The van der Waals surface area contributed by atoms with Gasteiger partial charge in [-0.15, -0.1) is 0 Å². The molecule has 3 nitrogen and oxygen atoms in total. The van der Waals surface area contributed by atoms with Gasteiger partial charge in [-0.25, -0.2) is 0 Å². The van der Waals surface area contributed by atoms with E-state index in [0.717, 1.165) is 16.7 Å². The van der Waals surface area contributed by atoms with Crippen LogP contribution in [-0.4, -0.2) is 12.5 Å². The van der Waals surface area contributed by atoms with E-state index in [9.17, 15) is 4.79 Å². The Kier molecular flexibility index (Phi) is 5.47. The maximum absolute atomic E-state index is 12.4. The van der Waals surface area contributed by atoms with E-state index in [0.29, 0.717) is 5.75 Å². The molecule has 3 rings (SSSR count). The molecule has 3 aromatic rings. The summed E-state index contributed by atoms with van der Waals surface area (Å²) < 4.78 is 5.56. The lowest BCUT2D eigenvalue weighted by atomic mass is 9.95. The van der Waals surface area contributed by atoms with Gasteiger partial charge < -0.3 is 10.1 Å². The largest absolute Gasteiger partial charge is 0.484 e. The molecule has 0 aliphatic heterocycles. The molecule has 0 aliphatic carbocycles. The van der Waals surface area contributed by atoms with Crippen LogP contribution in [0.4, 0.5) is 0 Å². The number of para-hydroxylation sites is 1. The van der Waals surface area contributed by atoms with Crippen molar-refractivity contribution in [2.24, 2.45) is 0 Å². The van der Waals surface area contributed by atoms with Gasteiger partial charge in [-0.2, -0.15) is 0 Å². The number of carbonyl (C=O) groups excluding carboxylic acids is 1. The third-order valence-corrected chi connectivity index (χ3v) is 4.05. The van der Waals surface area contributed by atoms with Crippen molar-refractivity contribution in [1.82, 2.24) is 5.32 Å². The first-order valence-corrected chi connectivity index (χ1v) is 8.32. The molecule has 0 aromatic heterocycles. The Morgan fingerprint density at radius 3 is 2.16 bits per heavy atom. The van der Waals surface area contributed by atoms with Crippen LogP contribution in [0.1, 0.15) is 22.7 Å². The van der Waals surface area contributed by atoms with Gasteiger partial charge in [0.15, 0.2) is 6.61 Å². The summed E-state index contributed by atoms with van der Waals surface area (Å²) in [7, 11) is 0. The lowest BCUT2D eigenvalue weighted by molar-refractivity contribution is -0.123. The summed E-state index contributed by atoms with van der Waals surface area (Å²) >= 11 is 0. The molecule has 0 heterocycles. The molecule has 1 atom stereocenters. The van der Waals surface area contributed by atoms with Gasteiger partial charge in [0, 0.05) is 0 Å². The van der Waals surface area contributed by atoms with Crippen LogP contribution in [0.5, 0.6) is 5.75 Å². The number of benzene rings is 3. The van der Waals surface area contributed by atoms with Crippen LogP contribution >= 0.6 is 0 Å². The first-order chi connectivity index (χ1) is 12.2. The Morgan fingerprint density at radius 2 is 1.48 bits per heavy atom. The van der Waals surface area contributed by atoms with Crippen LogP contribution in [0.15, 0.2) is 84.9 Å². The van der Waals surface area contributed by atoms with E-state index >= 15 is 0 Å². The van der Waals surface area contributed by atoms with Crippen molar-refractivity contribution in [2.75, 3.05) is 6.61 Å². The average molecular weight is 331 g/mol. The first kappa shape index (κ1) is 16.8. The Morgan fingerprint density at radius 1 is 0.880 bits per heavy atom. The summed E-state index contributed by atoms with van der Waals surface area (Å²) in [6.07, 6.45) is 0. The average Bonchev–Trinajstić information content (AvgIpc) is 2.67. The first-order valence-electron chi connectivity index (χ1n) is 8.32. The fourth-order valence-electron chi connectivity index (χ4n) is 2.77. The molecule has 3 aromatic carbocycles. The molecule has 25 heavy (non-hydrogen) atoms. The van der Waals surface area contributed by atoms with Gasteiger partial charge in [0.2, 0.25) is 0 Å². The van der Waals surface area contributed by atoms with Gasteiger partial charge in [-0.05, 0) is 35.7 Å². The van der Waals surface area contributed by atoms with E-state index in [2.05, 4.69) is 18.3 Å². The van der Waals surface area contributed by atoms with Crippen molar-refractivity contribution in [3.05, 3.63) is 102 Å². The van der Waals surface area contributed by atoms with E-state index in [1.807, 2.05) is 78.9 Å². The van der Waals surface area contributed by atoms with Crippen LogP contribution < -0.4 is 10.1 Å². The number of carbonyl (C=O) groups is 1. The van der Waals surface area contributed by atoms with Crippen molar-refractivity contribution in [2.45, 2.75) is 13.0 Å². The number of ether oxygens (including phenoxy) is 1. The van der Waals surface area contributed by atoms with E-state index < -0.39 is 0 Å². The van der Waals surface area contributed by atoms with Crippen LogP contribution in [0.3, 0.4) is 0 Å². The van der Waals surface area contributed by atoms with Gasteiger partial charge >= 0.3 is 0 Å². The molecule has 0 spiro atoms. The zero-order chi connectivity index (χ0) is 17.5. The highest BCUT2D eigenvalue weighted by Crippen LogP contribution is 2.24. The molecule has 3 heteroatoms. The zero-order valence-corrected chi connectivity index (χ0v) is 14.2. The minimum atomic E-state index is -0.200. The molecule has 0 fully saturated rings. The van der Waals surface area contributed by atoms with E-state index in [1.54, 1.807) is 0 Å². The maximum atomic E-state index is 12.4. The number of hydrogen-bond donors (Lipinski definition) is 1. The standard InChI is InChI=1S/C22H21NO2/c1-17-10-8-9-15-20(17)22(18-11-4-2-5-12-18)23-21(24)16-25-19-13-6-3-7-14-19/h2-15,22H,16H2,1H3,(H,23,24)/t22-/m1/s1. The fourth-order valence-corrected chi connectivity index (χ4v) is 2.77. The fraction of sp³-hybridized carbons (Fsp3) is 0.136. The zero-order valence-electron chi connectivity index (χ0n) is 14.2. The number of aryl methyl sites for hydroxylation is 1. The highest BCUT2D eigenvalue weighted by atomic mass is 16.5. The summed E-state index contributed by atoms with van der Waals surface area (Å²) in [5, 5.41) is 3.10. The van der Waals surface area contributed by atoms with Gasteiger partial charge in [0.25, 0.3) is 5.91 Å². The number of hydrogen-bond acceptors (Lipinski definition) is 2. The van der Waals surface area contributed by atoms with E-state index in [4.69, 9.17) is 4.74 Å². The smallest absolute Gasteiger partial charge is 0.258 e. The van der Waals surface area contributed by atoms with Crippen LogP contribution in [0.25, 0.3) is 0 Å². The maximum Gasteiger partial charge on any atom is 0.258 e. The molecular weight excluding hydrogens is 310 g/mol. The molecule has 0 saturated heterocycles. The second-order valence-electron chi connectivity index (χ2n) is 5.87. The van der Waals surface area contributed by atoms with Crippen molar-refractivity contribution in [3.8, 4) is 5.75 Å². The molecule has 0 unspecified atom stereocenters. The molecule has 0 saturated carbocycles. The Labute approximate surface area is 148 Å². The highest BCUT2D eigenvalue weighted by Gasteiger charge is 2.18. The normalized spacial score (nSPS) is 11.6. The van der Waals surface area contributed by atoms with Crippen molar-refractivity contribution in [1.29, 1.82) is 0 Å². The van der Waals surface area contributed by atoms with Crippen LogP contribution in [0.2, 0.25) is 0 Å². The monoisotopic (exact) mass is 331 g/mol. The molecular formula is C22H21NO2. The van der Waals surface area contributed by atoms with Crippen LogP contribution in [0, 0.1) is 6.92 Å². The van der Waals surface area contributed by atoms with Crippen molar-refractivity contribution < 1.29 is 9.53 Å². The van der Waals surface area contributed by atoms with Gasteiger partial charge in [-0.3, -0.25) is 4.79 Å². The molecule has 1 amide bonds. The second-order valence-corrected chi connectivity index (χ2v) is 5.87. The molecule has 0 radical (unpaired) electrons. The van der Waals surface area contributed by atoms with Crippen LogP contribution in [-0.2, 0) is 4.79 Å². The number of nitrogens with one attached hydrogen (secondary N) is 1. The Bertz CT molecular complexity index is 816. The third kappa shape index (κ3) is 4.48. The van der Waals surface area contributed by atoms with E-state index in [1.165, 1.54) is 0 Å². The minimum Gasteiger partial charge on any atom is -0.484 e. The van der Waals surface area contributed by atoms with Crippen molar-refractivity contribution in [3.63, 3.8) is 0 Å². The Hall–Kier alpha value is -3.07. The summed E-state index contributed by atoms with van der Waals surface area (Å²) in [5.74, 6) is 0.533. The Balaban J connectivity index is 1.76. The number of rotatable bonds is 6. The van der Waals surface area contributed by atoms with Gasteiger partial charge in [0.1, 0.15) is 5.75 Å². The predicted octanol–water partition coefficient (Wildman–Crippen LogP) is 4.28. The molecule has 0 bridgehead atoms. The summed E-state index contributed by atoms with van der Waals surface area (Å²) in [6, 6.07) is 27.2. The lowest BCUT2D eigenvalue weighted by Gasteiger charge is -2.21. The highest BCUT2D eigenvalue weighted by molar-refractivity contribution is 5.78. The van der Waals surface area contributed by atoms with E-state index in [-0.39, 0.29) is 18.6 Å². The molecule has 1 N–H and O–H groups in total. The number of amides is 1. The molecule has 0 aliphatic rings. The quantitative estimate of drug-likeness (QED) is 0.732.